The van der Waals surface area contributed by atoms with Crippen LogP contribution in [0, 0.1) is 5.92 Å². The lowest BCUT2D eigenvalue weighted by Gasteiger charge is -2.16. The summed E-state index contributed by atoms with van der Waals surface area (Å²) in [6, 6.07) is 4.20. The summed E-state index contributed by atoms with van der Waals surface area (Å²) in [6.45, 7) is 6.30. The smallest absolute Gasteiger partial charge is 0.0575 e. The summed E-state index contributed by atoms with van der Waals surface area (Å²) in [7, 11) is 0. The summed E-state index contributed by atoms with van der Waals surface area (Å²) >= 11 is 0. The van der Waals surface area contributed by atoms with Gasteiger partial charge in [-0.2, -0.15) is 0 Å². The van der Waals surface area contributed by atoms with Gasteiger partial charge in [0, 0.05) is 19.3 Å². The minimum absolute atomic E-state index is 0.689. The molecule has 0 aliphatic carbocycles. The van der Waals surface area contributed by atoms with E-state index >= 15 is 0 Å². The average molecular weight is 219 g/mol. The van der Waals surface area contributed by atoms with E-state index in [1.54, 1.807) is 0 Å². The number of rotatable bonds is 4. The van der Waals surface area contributed by atoms with Gasteiger partial charge in [0.15, 0.2) is 0 Å². The van der Waals surface area contributed by atoms with Gasteiger partial charge in [-0.05, 0) is 43.5 Å². The topological polar surface area (TPSA) is 42.2 Å². The van der Waals surface area contributed by atoms with Crippen LogP contribution in [0.2, 0.25) is 0 Å². The Morgan fingerprint density at radius 2 is 2.44 bits per heavy atom. The molecule has 1 aliphatic rings. The quantitative estimate of drug-likeness (QED) is 0.833. The Labute approximate surface area is 97.7 Å². The van der Waals surface area contributed by atoms with Crippen molar-refractivity contribution >= 4 is 0 Å². The molecule has 1 fully saturated rings. The highest BCUT2D eigenvalue weighted by atomic mass is 15.2. The van der Waals surface area contributed by atoms with Crippen molar-refractivity contribution in [2.75, 3.05) is 19.6 Å². The first-order valence-electron chi connectivity index (χ1n) is 6.18. The Morgan fingerprint density at radius 3 is 3.12 bits per heavy atom. The first kappa shape index (κ1) is 11.6. The summed E-state index contributed by atoms with van der Waals surface area (Å²) < 4.78 is 0. The summed E-state index contributed by atoms with van der Waals surface area (Å²) in [4.78, 5) is 6.96. The molecule has 3 heteroatoms. The lowest BCUT2D eigenvalue weighted by Crippen LogP contribution is -2.23. The van der Waals surface area contributed by atoms with Crippen LogP contribution in [-0.4, -0.2) is 29.5 Å². The molecule has 3 nitrogen and oxygen atoms in total. The summed E-state index contributed by atoms with van der Waals surface area (Å²) in [5, 5.41) is 0. The van der Waals surface area contributed by atoms with Crippen LogP contribution in [0.5, 0.6) is 0 Å². The number of aryl methyl sites for hydroxylation is 1. The van der Waals surface area contributed by atoms with Crippen LogP contribution < -0.4 is 5.73 Å². The molecule has 16 heavy (non-hydrogen) atoms. The second kappa shape index (κ2) is 5.41. The third kappa shape index (κ3) is 2.60. The molecule has 0 saturated carbocycles. The molecule has 1 aliphatic heterocycles. The van der Waals surface area contributed by atoms with Gasteiger partial charge >= 0.3 is 0 Å². The van der Waals surface area contributed by atoms with Crippen LogP contribution in [0.4, 0.5) is 0 Å². The van der Waals surface area contributed by atoms with Gasteiger partial charge in [0.2, 0.25) is 0 Å². The van der Waals surface area contributed by atoms with E-state index in [-0.39, 0.29) is 0 Å². The van der Waals surface area contributed by atoms with Gasteiger partial charge in [0.25, 0.3) is 0 Å². The highest BCUT2D eigenvalue weighted by molar-refractivity contribution is 5.19. The van der Waals surface area contributed by atoms with Gasteiger partial charge in [0.05, 0.1) is 5.69 Å². The maximum atomic E-state index is 5.70. The van der Waals surface area contributed by atoms with Crippen molar-refractivity contribution in [2.24, 2.45) is 11.7 Å². The zero-order chi connectivity index (χ0) is 11.4. The fourth-order valence-electron chi connectivity index (χ4n) is 2.40. The van der Waals surface area contributed by atoms with E-state index in [4.69, 9.17) is 5.73 Å². The number of hydrogen-bond acceptors (Lipinski definition) is 3. The Balaban J connectivity index is 1.99. The minimum Gasteiger partial charge on any atom is -0.330 e. The van der Waals surface area contributed by atoms with Gasteiger partial charge < -0.3 is 5.73 Å². The molecule has 2 heterocycles. The average Bonchev–Trinajstić information content (AvgIpc) is 2.77. The first-order chi connectivity index (χ1) is 7.83. The van der Waals surface area contributed by atoms with E-state index in [9.17, 15) is 0 Å². The number of likely N-dealkylation sites (tertiary alicyclic amines) is 1. The normalized spacial score (nSPS) is 21.5. The van der Waals surface area contributed by atoms with Crippen molar-refractivity contribution in [2.45, 2.75) is 26.3 Å². The lowest BCUT2D eigenvalue weighted by molar-refractivity contribution is 0.313. The summed E-state index contributed by atoms with van der Waals surface area (Å²) in [5.41, 5.74) is 8.32. The van der Waals surface area contributed by atoms with Crippen molar-refractivity contribution in [3.63, 3.8) is 0 Å². The molecule has 2 rings (SSSR count). The van der Waals surface area contributed by atoms with E-state index in [1.807, 2.05) is 12.3 Å². The van der Waals surface area contributed by atoms with Crippen molar-refractivity contribution in [3.8, 4) is 0 Å². The number of pyridine rings is 1. The van der Waals surface area contributed by atoms with Crippen LogP contribution in [-0.2, 0) is 13.0 Å². The van der Waals surface area contributed by atoms with Crippen LogP contribution in [0.3, 0.4) is 0 Å². The molecule has 1 atom stereocenters. The highest BCUT2D eigenvalue weighted by Gasteiger charge is 2.21. The zero-order valence-electron chi connectivity index (χ0n) is 10.0. The monoisotopic (exact) mass is 219 g/mol. The van der Waals surface area contributed by atoms with Crippen molar-refractivity contribution in [3.05, 3.63) is 29.6 Å². The third-order valence-corrected chi connectivity index (χ3v) is 3.44. The van der Waals surface area contributed by atoms with Gasteiger partial charge in [-0.15, -0.1) is 0 Å². The maximum absolute atomic E-state index is 5.70. The lowest BCUT2D eigenvalue weighted by atomic mass is 10.1. The Bertz CT molecular complexity index is 338. The highest BCUT2D eigenvalue weighted by Crippen LogP contribution is 2.18. The largest absolute Gasteiger partial charge is 0.330 e. The molecule has 88 valence electrons. The second-order valence-electron chi connectivity index (χ2n) is 4.59. The summed E-state index contributed by atoms with van der Waals surface area (Å²) in [5.74, 6) is 0.689. The van der Waals surface area contributed by atoms with Crippen molar-refractivity contribution in [1.82, 2.24) is 9.88 Å². The maximum Gasteiger partial charge on any atom is 0.0575 e. The van der Waals surface area contributed by atoms with Crippen molar-refractivity contribution in [1.29, 1.82) is 0 Å². The molecule has 2 N–H and O–H groups in total. The molecular formula is C13H21N3. The molecule has 1 unspecified atom stereocenters. The van der Waals surface area contributed by atoms with E-state index < -0.39 is 0 Å². The molecule has 0 radical (unpaired) electrons. The predicted octanol–water partition coefficient (Wildman–Crippen LogP) is 1.42. The Morgan fingerprint density at radius 1 is 1.56 bits per heavy atom. The second-order valence-corrected chi connectivity index (χ2v) is 4.59. The molecule has 0 aromatic carbocycles. The van der Waals surface area contributed by atoms with Gasteiger partial charge in [0.1, 0.15) is 0 Å². The molecule has 1 aromatic rings. The summed E-state index contributed by atoms with van der Waals surface area (Å²) in [6.07, 6.45) is 4.20. The van der Waals surface area contributed by atoms with Gasteiger partial charge in [-0.3, -0.25) is 9.88 Å². The van der Waals surface area contributed by atoms with E-state index in [0.717, 1.165) is 26.1 Å². The molecule has 1 saturated heterocycles. The van der Waals surface area contributed by atoms with Gasteiger partial charge in [-0.25, -0.2) is 0 Å². The SMILES string of the molecule is CCc1cccnc1CN1CCC(CN)C1. The van der Waals surface area contributed by atoms with Gasteiger partial charge in [-0.1, -0.05) is 13.0 Å². The molecule has 0 amide bonds. The Kier molecular flexibility index (Phi) is 3.91. The van der Waals surface area contributed by atoms with Crippen LogP contribution in [0.15, 0.2) is 18.3 Å². The fourth-order valence-corrected chi connectivity index (χ4v) is 2.40. The molecule has 1 aromatic heterocycles. The number of aromatic nitrogens is 1. The van der Waals surface area contributed by atoms with E-state index in [1.165, 1.54) is 24.2 Å². The van der Waals surface area contributed by atoms with Crippen LogP contribution in [0.1, 0.15) is 24.6 Å². The van der Waals surface area contributed by atoms with Crippen molar-refractivity contribution < 1.29 is 0 Å². The standard InChI is InChI=1S/C13H21N3/c1-2-12-4-3-6-15-13(12)10-16-7-5-11(8-14)9-16/h3-4,6,11H,2,5,7-10,14H2,1H3. The fraction of sp³-hybridized carbons (Fsp3) is 0.615. The number of hydrogen-bond donors (Lipinski definition) is 1. The van der Waals surface area contributed by atoms with Crippen LogP contribution >= 0.6 is 0 Å². The molecule has 0 spiro atoms. The Hall–Kier alpha value is -0.930. The molecule has 0 bridgehead atoms. The zero-order valence-corrected chi connectivity index (χ0v) is 10.0. The van der Waals surface area contributed by atoms with E-state index in [2.05, 4.69) is 22.9 Å². The minimum atomic E-state index is 0.689. The number of nitrogens with zero attached hydrogens (tertiary/aromatic N) is 2. The third-order valence-electron chi connectivity index (χ3n) is 3.44. The van der Waals surface area contributed by atoms with Crippen LogP contribution in [0.25, 0.3) is 0 Å². The molecular weight excluding hydrogens is 198 g/mol. The van der Waals surface area contributed by atoms with E-state index in [0.29, 0.717) is 5.92 Å². The number of nitrogens with two attached hydrogens (primary N) is 1. The first-order valence-corrected chi connectivity index (χ1v) is 6.18. The predicted molar refractivity (Wildman–Crippen MR) is 66.1 cm³/mol.